The lowest BCUT2D eigenvalue weighted by Crippen LogP contribution is -2.40. The molecule has 2 unspecified atom stereocenters. The number of hydrogen-bond donors (Lipinski definition) is 1. The Bertz CT molecular complexity index is 1600. The third-order valence-electron chi connectivity index (χ3n) is 13.6. The Hall–Kier alpha value is -3.79. The zero-order valence-electron chi connectivity index (χ0n) is 51.1. The number of carboxylic acid groups (broad SMARTS) is 1. The molecule has 0 aliphatic rings. The Morgan fingerprint density at radius 1 is 0.397 bits per heavy atom. The molecule has 0 amide bonds. The minimum absolute atomic E-state index is 0.183. The van der Waals surface area contributed by atoms with E-state index in [1.165, 1.54) is 135 Å². The molecule has 0 bridgehead atoms. The second-order valence-corrected chi connectivity index (χ2v) is 22.3. The van der Waals surface area contributed by atoms with Crippen LogP contribution in [0.5, 0.6) is 0 Å². The van der Waals surface area contributed by atoms with E-state index >= 15 is 0 Å². The van der Waals surface area contributed by atoms with E-state index in [1.54, 1.807) is 0 Å². The minimum Gasteiger partial charge on any atom is -0.477 e. The quantitative estimate of drug-likeness (QED) is 0.0211. The maximum atomic E-state index is 12.9. The molecular formula is C69H120NO8+. The van der Waals surface area contributed by atoms with E-state index < -0.39 is 24.3 Å². The summed E-state index contributed by atoms with van der Waals surface area (Å²) in [7, 11) is 5.97. The Labute approximate surface area is 480 Å². The molecule has 9 nitrogen and oxygen atoms in total. The third-order valence-corrected chi connectivity index (χ3v) is 13.6. The van der Waals surface area contributed by atoms with Gasteiger partial charge in [-0.1, -0.05) is 252 Å². The molecule has 0 aromatic carbocycles. The normalized spacial score (nSPS) is 13.4. The van der Waals surface area contributed by atoms with E-state index in [1.807, 2.05) is 21.1 Å². The number of carbonyl (C=O) groups is 3. The number of allylic oxidation sites excluding steroid dienone is 16. The van der Waals surface area contributed by atoms with E-state index in [0.717, 1.165) is 103 Å². The van der Waals surface area contributed by atoms with Crippen LogP contribution < -0.4 is 0 Å². The number of rotatable bonds is 58. The average Bonchev–Trinajstić information content (AvgIpc) is 3.41. The molecule has 448 valence electrons. The monoisotopic (exact) mass is 1090 g/mol. The van der Waals surface area contributed by atoms with Crippen molar-refractivity contribution in [3.8, 4) is 0 Å². The summed E-state index contributed by atoms with van der Waals surface area (Å²) in [6, 6.07) is 0. The fourth-order valence-corrected chi connectivity index (χ4v) is 8.70. The fraction of sp³-hybridized carbons (Fsp3) is 0.725. The van der Waals surface area contributed by atoms with Crippen LogP contribution in [0.3, 0.4) is 0 Å². The second kappa shape index (κ2) is 59.3. The van der Waals surface area contributed by atoms with Gasteiger partial charge < -0.3 is 28.5 Å². The number of esters is 2. The average molecular weight is 1090 g/mol. The molecular weight excluding hydrogens is 971 g/mol. The molecule has 0 fully saturated rings. The second-order valence-electron chi connectivity index (χ2n) is 22.3. The number of unbranched alkanes of at least 4 members (excludes halogenated alkanes) is 27. The van der Waals surface area contributed by atoms with Crippen LogP contribution >= 0.6 is 0 Å². The number of aliphatic carboxylic acids is 1. The van der Waals surface area contributed by atoms with Crippen molar-refractivity contribution in [1.29, 1.82) is 0 Å². The predicted octanol–water partition coefficient (Wildman–Crippen LogP) is 19.3. The van der Waals surface area contributed by atoms with Gasteiger partial charge in [-0.15, -0.1) is 0 Å². The highest BCUT2D eigenvalue weighted by atomic mass is 16.7. The zero-order chi connectivity index (χ0) is 56.9. The molecule has 1 N–H and O–H groups in total. The molecule has 0 saturated carbocycles. The van der Waals surface area contributed by atoms with Crippen LogP contribution in [-0.4, -0.2) is 87.4 Å². The molecule has 0 spiro atoms. The summed E-state index contributed by atoms with van der Waals surface area (Å²) in [5.41, 5.74) is 0. The van der Waals surface area contributed by atoms with Crippen LogP contribution in [0, 0.1) is 0 Å². The number of carbonyl (C=O) groups excluding carboxylic acids is 2. The smallest absolute Gasteiger partial charge is 0.361 e. The first-order valence-electron chi connectivity index (χ1n) is 31.9. The number of carboxylic acids is 1. The van der Waals surface area contributed by atoms with Gasteiger partial charge in [0, 0.05) is 12.8 Å². The Morgan fingerprint density at radius 2 is 0.731 bits per heavy atom. The van der Waals surface area contributed by atoms with Gasteiger partial charge in [-0.25, -0.2) is 4.79 Å². The first-order chi connectivity index (χ1) is 38.1. The van der Waals surface area contributed by atoms with Crippen LogP contribution in [0.25, 0.3) is 0 Å². The first-order valence-corrected chi connectivity index (χ1v) is 31.9. The van der Waals surface area contributed by atoms with Gasteiger partial charge in [-0.05, 0) is 96.3 Å². The van der Waals surface area contributed by atoms with Gasteiger partial charge in [0.2, 0.25) is 0 Å². The van der Waals surface area contributed by atoms with Gasteiger partial charge >= 0.3 is 17.9 Å². The van der Waals surface area contributed by atoms with Crippen LogP contribution in [0.2, 0.25) is 0 Å². The van der Waals surface area contributed by atoms with E-state index in [9.17, 15) is 19.5 Å². The lowest BCUT2D eigenvalue weighted by molar-refractivity contribution is -0.870. The van der Waals surface area contributed by atoms with Crippen molar-refractivity contribution < 1.29 is 42.9 Å². The molecule has 0 heterocycles. The molecule has 78 heavy (non-hydrogen) atoms. The largest absolute Gasteiger partial charge is 0.477 e. The SMILES string of the molecule is CC/C=C\C/C=C\C/C=C\C/C=C\C/C=C\C/C=C\CCCCCCCCCCCCCCCCCCCCC(=O)OC(COC(=O)CCCCCCC/C=C\C/C=C\CCCCCC)COC(OCC[N+](C)(C)C)C(=O)O. The lowest BCUT2D eigenvalue weighted by Gasteiger charge is -2.25. The number of hydrogen-bond acceptors (Lipinski definition) is 7. The molecule has 0 saturated heterocycles. The number of ether oxygens (including phenoxy) is 4. The van der Waals surface area contributed by atoms with Crippen molar-refractivity contribution in [2.45, 2.75) is 277 Å². The van der Waals surface area contributed by atoms with Crippen molar-refractivity contribution in [3.05, 3.63) is 97.2 Å². The van der Waals surface area contributed by atoms with Crippen LogP contribution in [0.1, 0.15) is 264 Å². The Balaban J connectivity index is 4.08. The van der Waals surface area contributed by atoms with E-state index in [2.05, 4.69) is 111 Å². The number of likely N-dealkylation sites (N-methyl/N-ethyl adjacent to an activating group) is 1. The molecule has 0 radical (unpaired) electrons. The molecule has 9 heteroatoms. The summed E-state index contributed by atoms with van der Waals surface area (Å²) in [4.78, 5) is 37.4. The Kier molecular flexibility index (Phi) is 56.5. The number of quaternary nitrogens is 1. The molecule has 2 atom stereocenters. The van der Waals surface area contributed by atoms with Crippen LogP contribution in [-0.2, 0) is 33.3 Å². The zero-order valence-corrected chi connectivity index (χ0v) is 51.1. The summed E-state index contributed by atoms with van der Waals surface area (Å²) in [5, 5.41) is 9.71. The summed E-state index contributed by atoms with van der Waals surface area (Å²) >= 11 is 0. The van der Waals surface area contributed by atoms with Gasteiger partial charge in [-0.3, -0.25) is 9.59 Å². The minimum atomic E-state index is -1.52. The summed E-state index contributed by atoms with van der Waals surface area (Å²) < 4.78 is 22.9. The topological polar surface area (TPSA) is 108 Å². The standard InChI is InChI=1S/C69H119NO8/c1-6-8-10-12-14-16-18-20-22-24-25-26-27-28-29-30-31-32-33-34-35-36-37-38-39-40-41-42-43-44-46-48-50-52-54-56-58-60-67(72)78-65(64-77-69(68(73)74)75-62-61-70(3,4)5)63-76-66(71)59-57-55-53-51-49-47-45-23-21-19-17-15-13-11-9-7-2/h8,10,14,16-17,19-20,22-23,25-26,28-29,31-32,45,65,69H,6-7,9,11-13,15,18,21,24,27,30,33-44,46-64H2,1-5H3/p+1/b10-8-,16-14-,19-17-,22-20-,26-25-,29-28-,32-31-,45-23-. The highest BCUT2D eigenvalue weighted by molar-refractivity contribution is 5.71. The summed E-state index contributed by atoms with van der Waals surface area (Å²) in [6.07, 6.45) is 77.9. The predicted molar refractivity (Wildman–Crippen MR) is 332 cm³/mol. The summed E-state index contributed by atoms with van der Waals surface area (Å²) in [6.45, 7) is 4.74. The van der Waals surface area contributed by atoms with Gasteiger partial charge in [0.1, 0.15) is 13.2 Å². The molecule has 0 rings (SSSR count). The van der Waals surface area contributed by atoms with E-state index in [0.29, 0.717) is 11.0 Å². The molecule has 0 aromatic heterocycles. The van der Waals surface area contributed by atoms with Crippen LogP contribution in [0.15, 0.2) is 97.2 Å². The lowest BCUT2D eigenvalue weighted by atomic mass is 10.0. The van der Waals surface area contributed by atoms with Crippen LogP contribution in [0.4, 0.5) is 0 Å². The third kappa shape index (κ3) is 59.9. The van der Waals surface area contributed by atoms with E-state index in [-0.39, 0.29) is 38.6 Å². The van der Waals surface area contributed by atoms with Crippen molar-refractivity contribution in [1.82, 2.24) is 0 Å². The summed E-state index contributed by atoms with van der Waals surface area (Å²) in [5.74, 6) is -2.02. The van der Waals surface area contributed by atoms with Crippen molar-refractivity contribution in [3.63, 3.8) is 0 Å². The van der Waals surface area contributed by atoms with Gasteiger partial charge in [-0.2, -0.15) is 0 Å². The first kappa shape index (κ1) is 74.2. The van der Waals surface area contributed by atoms with E-state index in [4.69, 9.17) is 18.9 Å². The van der Waals surface area contributed by atoms with Gasteiger partial charge in [0.05, 0.1) is 34.4 Å². The maximum Gasteiger partial charge on any atom is 0.361 e. The van der Waals surface area contributed by atoms with Gasteiger partial charge in [0.15, 0.2) is 6.10 Å². The molecule has 0 aromatic rings. The van der Waals surface area contributed by atoms with Crippen molar-refractivity contribution in [2.75, 3.05) is 47.5 Å². The fourth-order valence-electron chi connectivity index (χ4n) is 8.70. The highest BCUT2D eigenvalue weighted by Gasteiger charge is 2.25. The molecule has 0 aliphatic heterocycles. The van der Waals surface area contributed by atoms with Gasteiger partial charge in [0.25, 0.3) is 6.29 Å². The van der Waals surface area contributed by atoms with Crippen molar-refractivity contribution >= 4 is 17.9 Å². The Morgan fingerprint density at radius 3 is 1.09 bits per heavy atom. The van der Waals surface area contributed by atoms with Crippen molar-refractivity contribution in [2.24, 2.45) is 0 Å². The molecule has 0 aliphatic carbocycles. The highest BCUT2D eigenvalue weighted by Crippen LogP contribution is 2.16. The maximum absolute atomic E-state index is 12.9. The number of nitrogens with zero attached hydrogens (tertiary/aromatic N) is 1.